The van der Waals surface area contributed by atoms with Gasteiger partial charge in [0.1, 0.15) is 6.61 Å². The van der Waals surface area contributed by atoms with Crippen molar-refractivity contribution in [1.82, 2.24) is 9.78 Å². The van der Waals surface area contributed by atoms with Gasteiger partial charge in [-0.2, -0.15) is 5.10 Å². The van der Waals surface area contributed by atoms with E-state index in [4.69, 9.17) is 33.7 Å². The Kier molecular flexibility index (Phi) is 3.76. The molecule has 0 radical (unpaired) electrons. The SMILES string of the molecule is Nc1cc(Cl)c(OCCn2cccn2)c(Cl)c1. The Morgan fingerprint density at radius 1 is 1.29 bits per heavy atom. The number of nitrogen functional groups attached to an aromatic ring is 1. The van der Waals surface area contributed by atoms with Gasteiger partial charge in [-0.1, -0.05) is 23.2 Å². The van der Waals surface area contributed by atoms with Crippen LogP contribution in [0, 0.1) is 0 Å². The van der Waals surface area contributed by atoms with Gasteiger partial charge in [-0.25, -0.2) is 0 Å². The van der Waals surface area contributed by atoms with E-state index in [9.17, 15) is 0 Å². The van der Waals surface area contributed by atoms with Crippen LogP contribution in [-0.4, -0.2) is 16.4 Å². The van der Waals surface area contributed by atoms with Gasteiger partial charge in [0.05, 0.1) is 16.6 Å². The molecule has 0 atom stereocenters. The summed E-state index contributed by atoms with van der Waals surface area (Å²) in [4.78, 5) is 0. The smallest absolute Gasteiger partial charge is 0.156 e. The average molecular weight is 272 g/mol. The van der Waals surface area contributed by atoms with Crippen LogP contribution >= 0.6 is 23.2 Å². The molecule has 4 nitrogen and oxygen atoms in total. The third-order valence-electron chi connectivity index (χ3n) is 2.15. The van der Waals surface area contributed by atoms with E-state index in [1.807, 2.05) is 12.3 Å². The molecular weight excluding hydrogens is 261 g/mol. The van der Waals surface area contributed by atoms with E-state index in [1.165, 1.54) is 0 Å². The Balaban J connectivity index is 1.99. The van der Waals surface area contributed by atoms with Crippen LogP contribution in [0.25, 0.3) is 0 Å². The zero-order valence-electron chi connectivity index (χ0n) is 8.94. The lowest BCUT2D eigenvalue weighted by Gasteiger charge is -2.10. The summed E-state index contributed by atoms with van der Waals surface area (Å²) in [7, 11) is 0. The second kappa shape index (κ2) is 5.29. The van der Waals surface area contributed by atoms with Crippen LogP contribution in [-0.2, 0) is 6.54 Å². The highest BCUT2D eigenvalue weighted by Crippen LogP contribution is 2.34. The molecule has 1 heterocycles. The molecular formula is C11H11Cl2N3O. The van der Waals surface area contributed by atoms with Gasteiger partial charge in [0.2, 0.25) is 0 Å². The summed E-state index contributed by atoms with van der Waals surface area (Å²) < 4.78 is 7.28. The van der Waals surface area contributed by atoms with E-state index in [1.54, 1.807) is 23.0 Å². The van der Waals surface area contributed by atoms with Crippen molar-refractivity contribution in [3.63, 3.8) is 0 Å². The molecule has 0 unspecified atom stereocenters. The predicted molar refractivity (Wildman–Crippen MR) is 68.6 cm³/mol. The fourth-order valence-corrected chi connectivity index (χ4v) is 2.00. The fraction of sp³-hybridized carbons (Fsp3) is 0.182. The first kappa shape index (κ1) is 12.1. The highest BCUT2D eigenvalue weighted by Gasteiger charge is 2.08. The minimum atomic E-state index is 0.412. The van der Waals surface area contributed by atoms with E-state index in [2.05, 4.69) is 5.10 Å². The van der Waals surface area contributed by atoms with Crippen LogP contribution in [0.5, 0.6) is 5.75 Å². The zero-order chi connectivity index (χ0) is 12.3. The molecule has 17 heavy (non-hydrogen) atoms. The Hall–Kier alpha value is -1.39. The summed E-state index contributed by atoms with van der Waals surface area (Å²) in [5.74, 6) is 0.453. The van der Waals surface area contributed by atoms with Crippen LogP contribution in [0.1, 0.15) is 0 Å². The fourth-order valence-electron chi connectivity index (χ4n) is 1.39. The molecule has 0 spiro atoms. The van der Waals surface area contributed by atoms with Gasteiger partial charge in [0.15, 0.2) is 5.75 Å². The number of rotatable bonds is 4. The second-order valence-corrected chi connectivity index (χ2v) is 4.25. The molecule has 2 aromatic rings. The molecule has 0 saturated carbocycles. The van der Waals surface area contributed by atoms with Crippen LogP contribution in [0.2, 0.25) is 10.0 Å². The van der Waals surface area contributed by atoms with Crippen molar-refractivity contribution in [2.24, 2.45) is 0 Å². The second-order valence-electron chi connectivity index (χ2n) is 3.43. The third kappa shape index (κ3) is 3.05. The number of aromatic nitrogens is 2. The van der Waals surface area contributed by atoms with Crippen molar-refractivity contribution in [1.29, 1.82) is 0 Å². The summed E-state index contributed by atoms with van der Waals surface area (Å²) in [6.45, 7) is 1.06. The first-order valence-electron chi connectivity index (χ1n) is 5.01. The number of nitrogens with two attached hydrogens (primary N) is 1. The maximum absolute atomic E-state index is 5.98. The molecule has 0 fully saturated rings. The molecule has 0 bridgehead atoms. The minimum absolute atomic E-state index is 0.412. The van der Waals surface area contributed by atoms with E-state index in [0.29, 0.717) is 34.6 Å². The first-order valence-corrected chi connectivity index (χ1v) is 5.77. The van der Waals surface area contributed by atoms with E-state index in [0.717, 1.165) is 0 Å². The van der Waals surface area contributed by atoms with Crippen molar-refractivity contribution >= 4 is 28.9 Å². The molecule has 0 aliphatic rings. The summed E-state index contributed by atoms with van der Waals surface area (Å²) in [6, 6.07) is 5.07. The predicted octanol–water partition coefficient (Wildman–Crippen LogP) is 2.85. The van der Waals surface area contributed by atoms with E-state index in [-0.39, 0.29) is 0 Å². The van der Waals surface area contributed by atoms with E-state index >= 15 is 0 Å². The lowest BCUT2D eigenvalue weighted by atomic mass is 10.3. The topological polar surface area (TPSA) is 53.1 Å². The average Bonchev–Trinajstić information content (AvgIpc) is 2.74. The number of ether oxygens (including phenoxy) is 1. The van der Waals surface area contributed by atoms with Crippen LogP contribution in [0.15, 0.2) is 30.6 Å². The number of nitrogens with zero attached hydrogens (tertiary/aromatic N) is 2. The van der Waals surface area contributed by atoms with Gasteiger partial charge in [-0.15, -0.1) is 0 Å². The normalized spacial score (nSPS) is 10.5. The molecule has 6 heteroatoms. The molecule has 0 saturated heterocycles. The largest absolute Gasteiger partial charge is 0.489 e. The molecule has 1 aromatic heterocycles. The Morgan fingerprint density at radius 2 is 2.00 bits per heavy atom. The Labute approximate surface area is 109 Å². The van der Waals surface area contributed by atoms with Gasteiger partial charge >= 0.3 is 0 Å². The van der Waals surface area contributed by atoms with Gasteiger partial charge in [-0.3, -0.25) is 4.68 Å². The monoisotopic (exact) mass is 271 g/mol. The number of hydrogen-bond donors (Lipinski definition) is 1. The van der Waals surface area contributed by atoms with Crippen molar-refractivity contribution in [3.05, 3.63) is 40.6 Å². The highest BCUT2D eigenvalue weighted by atomic mass is 35.5. The Bertz CT molecular complexity index is 476. The van der Waals surface area contributed by atoms with Gasteiger partial charge < -0.3 is 10.5 Å². The highest BCUT2D eigenvalue weighted by molar-refractivity contribution is 6.37. The van der Waals surface area contributed by atoms with Gasteiger partial charge in [0, 0.05) is 18.1 Å². The third-order valence-corrected chi connectivity index (χ3v) is 2.71. The Morgan fingerprint density at radius 3 is 2.59 bits per heavy atom. The maximum Gasteiger partial charge on any atom is 0.156 e. The van der Waals surface area contributed by atoms with Crippen molar-refractivity contribution < 1.29 is 4.74 Å². The van der Waals surface area contributed by atoms with Crippen LogP contribution < -0.4 is 10.5 Å². The summed E-state index contributed by atoms with van der Waals surface area (Å²) in [5, 5.41) is 4.88. The lowest BCUT2D eigenvalue weighted by Crippen LogP contribution is -2.09. The van der Waals surface area contributed by atoms with Crippen molar-refractivity contribution in [3.8, 4) is 5.75 Å². The number of benzene rings is 1. The summed E-state index contributed by atoms with van der Waals surface area (Å²) in [6.07, 6.45) is 3.57. The summed E-state index contributed by atoms with van der Waals surface area (Å²) >= 11 is 12.0. The van der Waals surface area contributed by atoms with Gasteiger partial charge in [-0.05, 0) is 18.2 Å². The van der Waals surface area contributed by atoms with Crippen molar-refractivity contribution in [2.45, 2.75) is 6.54 Å². The molecule has 0 aliphatic heterocycles. The van der Waals surface area contributed by atoms with Gasteiger partial charge in [0.25, 0.3) is 0 Å². The van der Waals surface area contributed by atoms with Crippen LogP contribution in [0.3, 0.4) is 0 Å². The molecule has 1 aromatic carbocycles. The number of halogens is 2. The first-order chi connectivity index (χ1) is 8.16. The number of hydrogen-bond acceptors (Lipinski definition) is 3. The van der Waals surface area contributed by atoms with Crippen molar-refractivity contribution in [2.75, 3.05) is 12.3 Å². The zero-order valence-corrected chi connectivity index (χ0v) is 10.4. The molecule has 90 valence electrons. The molecule has 0 amide bonds. The minimum Gasteiger partial charge on any atom is -0.489 e. The lowest BCUT2D eigenvalue weighted by molar-refractivity contribution is 0.291. The quantitative estimate of drug-likeness (QED) is 0.871. The maximum atomic E-state index is 5.98. The van der Waals surface area contributed by atoms with E-state index < -0.39 is 0 Å². The van der Waals surface area contributed by atoms with Crippen LogP contribution in [0.4, 0.5) is 5.69 Å². The molecule has 0 aliphatic carbocycles. The number of anilines is 1. The molecule has 2 rings (SSSR count). The molecule has 2 N–H and O–H groups in total. The summed E-state index contributed by atoms with van der Waals surface area (Å²) in [5.41, 5.74) is 6.11. The standard InChI is InChI=1S/C11H11Cl2N3O/c12-9-6-8(14)7-10(13)11(9)17-5-4-16-3-1-2-15-16/h1-3,6-7H,4-5,14H2.